The number of hydrogen-bond donors (Lipinski definition) is 1. The monoisotopic (exact) mass is 378 g/mol. The smallest absolute Gasteiger partial charge is 0.259 e. The van der Waals surface area contributed by atoms with E-state index in [1.165, 1.54) is 22.5 Å². The number of carbonyl (C=O) groups excluding carboxylic acids is 1. The molecule has 130 valence electrons. The summed E-state index contributed by atoms with van der Waals surface area (Å²) >= 11 is 5.96. The quantitative estimate of drug-likeness (QED) is 0.868. The van der Waals surface area contributed by atoms with Crippen molar-refractivity contribution in [2.45, 2.75) is 17.7 Å². The molecule has 0 spiro atoms. The van der Waals surface area contributed by atoms with E-state index in [1.54, 1.807) is 18.2 Å². The fraction of sp³-hybridized carbons (Fsp3) is 0.235. The zero-order chi connectivity index (χ0) is 17.6. The second kappa shape index (κ2) is 6.01. The van der Waals surface area contributed by atoms with Crippen LogP contribution < -0.4 is 10.1 Å². The average molecular weight is 379 g/mol. The second-order valence-corrected chi connectivity index (χ2v) is 8.34. The van der Waals surface area contributed by atoms with Crippen molar-refractivity contribution in [3.8, 4) is 11.5 Å². The number of sulfonamides is 1. The Morgan fingerprint density at radius 2 is 1.76 bits per heavy atom. The molecule has 1 amide bonds. The fourth-order valence-corrected chi connectivity index (χ4v) is 4.73. The number of nitrogens with zero attached hydrogens (tertiary/aromatic N) is 1. The number of hydrogen-bond acceptors (Lipinski definition) is 4. The minimum absolute atomic E-state index is 0.0934. The molecule has 0 aromatic heterocycles. The van der Waals surface area contributed by atoms with Gasteiger partial charge in [0.05, 0.1) is 16.1 Å². The molecule has 2 aliphatic heterocycles. The van der Waals surface area contributed by atoms with E-state index >= 15 is 0 Å². The summed E-state index contributed by atoms with van der Waals surface area (Å²) in [5.41, 5.74) is 0.616. The summed E-state index contributed by atoms with van der Waals surface area (Å²) < 4.78 is 32.6. The van der Waals surface area contributed by atoms with Gasteiger partial charge in [0.1, 0.15) is 5.75 Å². The van der Waals surface area contributed by atoms with Gasteiger partial charge in [-0.15, -0.1) is 0 Å². The van der Waals surface area contributed by atoms with Gasteiger partial charge in [-0.05, 0) is 49.2 Å². The number of ether oxygens (including phenoxy) is 1. The molecule has 0 bridgehead atoms. The van der Waals surface area contributed by atoms with Gasteiger partial charge in [0.25, 0.3) is 5.91 Å². The SMILES string of the molecule is O=C1Nc2cc(Cl)ccc2Oc2ccc(S(=O)(=O)N3CCCC3)cc21. The first kappa shape index (κ1) is 16.4. The van der Waals surface area contributed by atoms with Crippen molar-refractivity contribution in [2.75, 3.05) is 18.4 Å². The predicted molar refractivity (Wildman–Crippen MR) is 93.9 cm³/mol. The summed E-state index contributed by atoms with van der Waals surface area (Å²) in [5.74, 6) is 0.320. The molecule has 2 aliphatic rings. The number of rotatable bonds is 2. The molecule has 2 aromatic rings. The first-order valence-electron chi connectivity index (χ1n) is 7.88. The Morgan fingerprint density at radius 3 is 2.52 bits per heavy atom. The molecule has 0 radical (unpaired) electrons. The van der Waals surface area contributed by atoms with Crippen molar-refractivity contribution < 1.29 is 17.9 Å². The molecule has 1 N–H and O–H groups in total. The summed E-state index contributed by atoms with van der Waals surface area (Å²) in [4.78, 5) is 12.6. The van der Waals surface area contributed by atoms with E-state index in [0.29, 0.717) is 35.3 Å². The van der Waals surface area contributed by atoms with Gasteiger partial charge < -0.3 is 10.1 Å². The third kappa shape index (κ3) is 2.88. The number of carbonyl (C=O) groups is 1. The highest BCUT2D eigenvalue weighted by molar-refractivity contribution is 7.89. The Morgan fingerprint density at radius 1 is 1.04 bits per heavy atom. The first-order valence-corrected chi connectivity index (χ1v) is 9.70. The molecule has 1 fully saturated rings. The predicted octanol–water partition coefficient (Wildman–Crippen LogP) is 3.48. The normalized spacial score (nSPS) is 17.2. The molecule has 0 saturated carbocycles. The van der Waals surface area contributed by atoms with E-state index in [-0.39, 0.29) is 10.5 Å². The number of amides is 1. The van der Waals surface area contributed by atoms with Gasteiger partial charge in [0.15, 0.2) is 5.75 Å². The number of anilines is 1. The lowest BCUT2D eigenvalue weighted by Gasteiger charge is -2.16. The van der Waals surface area contributed by atoms with Crippen LogP contribution in [-0.2, 0) is 10.0 Å². The lowest BCUT2D eigenvalue weighted by molar-refractivity contribution is 0.102. The van der Waals surface area contributed by atoms with E-state index in [4.69, 9.17) is 16.3 Å². The van der Waals surface area contributed by atoms with Crippen molar-refractivity contribution in [1.29, 1.82) is 0 Å². The van der Waals surface area contributed by atoms with Crippen molar-refractivity contribution in [3.63, 3.8) is 0 Å². The first-order chi connectivity index (χ1) is 11.9. The molecule has 1 saturated heterocycles. The third-order valence-electron chi connectivity index (χ3n) is 4.31. The molecule has 25 heavy (non-hydrogen) atoms. The highest BCUT2D eigenvalue weighted by atomic mass is 35.5. The van der Waals surface area contributed by atoms with Crippen molar-refractivity contribution in [3.05, 3.63) is 47.0 Å². The van der Waals surface area contributed by atoms with Crippen molar-refractivity contribution in [2.24, 2.45) is 0 Å². The van der Waals surface area contributed by atoms with Crippen LogP contribution in [0.15, 0.2) is 41.3 Å². The van der Waals surface area contributed by atoms with Crippen LogP contribution in [0.5, 0.6) is 11.5 Å². The summed E-state index contributed by atoms with van der Waals surface area (Å²) in [7, 11) is -3.60. The van der Waals surface area contributed by atoms with Gasteiger partial charge in [-0.2, -0.15) is 4.31 Å². The van der Waals surface area contributed by atoms with Gasteiger partial charge in [-0.3, -0.25) is 4.79 Å². The summed E-state index contributed by atoms with van der Waals surface area (Å²) in [6, 6.07) is 9.25. The average Bonchev–Trinajstić information content (AvgIpc) is 3.08. The Kier molecular flexibility index (Phi) is 3.94. The molecule has 6 nitrogen and oxygen atoms in total. The number of benzene rings is 2. The van der Waals surface area contributed by atoms with E-state index in [1.807, 2.05) is 0 Å². The molecule has 4 rings (SSSR count). The standard InChI is InChI=1S/C17H15ClN2O4S/c18-11-3-5-16-14(9-11)19-17(21)13-10-12(4-6-15(13)24-16)25(22,23)20-7-1-2-8-20/h3-6,9-10H,1-2,7-8H2,(H,19,21). The van der Waals surface area contributed by atoms with E-state index in [9.17, 15) is 13.2 Å². The Labute approximate surface area is 150 Å². The van der Waals surface area contributed by atoms with Crippen LogP contribution in [0.1, 0.15) is 23.2 Å². The maximum absolute atomic E-state index is 12.7. The fourth-order valence-electron chi connectivity index (χ4n) is 3.01. The largest absolute Gasteiger partial charge is 0.454 e. The van der Waals surface area contributed by atoms with Crippen molar-refractivity contribution >= 4 is 33.2 Å². The molecular formula is C17H15ClN2O4S. The third-order valence-corrected chi connectivity index (χ3v) is 6.44. The molecule has 0 aliphatic carbocycles. The maximum atomic E-state index is 12.7. The molecule has 2 aromatic carbocycles. The Balaban J connectivity index is 1.76. The molecular weight excluding hydrogens is 364 g/mol. The van der Waals surface area contributed by atoms with Gasteiger partial charge in [-0.1, -0.05) is 11.6 Å². The minimum Gasteiger partial charge on any atom is -0.454 e. The zero-order valence-electron chi connectivity index (χ0n) is 13.2. The highest BCUT2D eigenvalue weighted by Gasteiger charge is 2.29. The van der Waals surface area contributed by atoms with Crippen molar-refractivity contribution in [1.82, 2.24) is 4.31 Å². The maximum Gasteiger partial charge on any atom is 0.259 e. The lowest BCUT2D eigenvalue weighted by Crippen LogP contribution is -2.28. The van der Waals surface area contributed by atoms with Crippen LogP contribution in [0.3, 0.4) is 0 Å². The van der Waals surface area contributed by atoms with E-state index < -0.39 is 15.9 Å². The Bertz CT molecular complexity index is 969. The number of halogens is 1. The number of fused-ring (bicyclic) bond motifs is 2. The summed E-state index contributed by atoms with van der Waals surface area (Å²) in [6.07, 6.45) is 1.70. The number of nitrogens with one attached hydrogen (secondary N) is 1. The molecule has 8 heteroatoms. The van der Waals surface area contributed by atoms with Crippen LogP contribution in [0.2, 0.25) is 5.02 Å². The molecule has 0 atom stereocenters. The Hall–Kier alpha value is -2.09. The van der Waals surface area contributed by atoms with E-state index in [2.05, 4.69) is 5.32 Å². The van der Waals surface area contributed by atoms with Gasteiger partial charge in [0.2, 0.25) is 10.0 Å². The second-order valence-electron chi connectivity index (χ2n) is 5.97. The highest BCUT2D eigenvalue weighted by Crippen LogP contribution is 2.38. The topological polar surface area (TPSA) is 75.7 Å². The lowest BCUT2D eigenvalue weighted by atomic mass is 10.2. The molecule has 2 heterocycles. The zero-order valence-corrected chi connectivity index (χ0v) is 14.7. The van der Waals surface area contributed by atoms with Crippen LogP contribution in [0.25, 0.3) is 0 Å². The van der Waals surface area contributed by atoms with Gasteiger partial charge >= 0.3 is 0 Å². The molecule has 0 unspecified atom stereocenters. The van der Waals surface area contributed by atoms with Crippen LogP contribution in [0, 0.1) is 0 Å². The van der Waals surface area contributed by atoms with Crippen LogP contribution in [-0.4, -0.2) is 31.7 Å². The van der Waals surface area contributed by atoms with Gasteiger partial charge in [-0.25, -0.2) is 8.42 Å². The van der Waals surface area contributed by atoms with Crippen LogP contribution >= 0.6 is 11.6 Å². The van der Waals surface area contributed by atoms with Crippen LogP contribution in [0.4, 0.5) is 5.69 Å². The minimum atomic E-state index is -3.60. The summed E-state index contributed by atoms with van der Waals surface area (Å²) in [6.45, 7) is 1.01. The summed E-state index contributed by atoms with van der Waals surface area (Å²) in [5, 5.41) is 3.17. The van der Waals surface area contributed by atoms with Gasteiger partial charge in [0, 0.05) is 18.1 Å². The van der Waals surface area contributed by atoms with E-state index in [0.717, 1.165) is 12.8 Å².